The van der Waals surface area contributed by atoms with E-state index in [2.05, 4.69) is 0 Å². The fraction of sp³-hybridized carbons (Fsp3) is 0.160. The van der Waals surface area contributed by atoms with Gasteiger partial charge in [0.25, 0.3) is 0 Å². The van der Waals surface area contributed by atoms with Gasteiger partial charge in [0.15, 0.2) is 0 Å². The molecule has 0 heterocycles. The highest BCUT2D eigenvalue weighted by atomic mass is 16.5. The molecule has 0 fully saturated rings. The van der Waals surface area contributed by atoms with Gasteiger partial charge in [-0.1, -0.05) is 42.5 Å². The molecule has 166 valence electrons. The highest BCUT2D eigenvalue weighted by molar-refractivity contribution is 6.15. The van der Waals surface area contributed by atoms with Crippen LogP contribution in [0, 0.1) is 0 Å². The summed E-state index contributed by atoms with van der Waals surface area (Å²) in [4.78, 5) is 11.6. The minimum Gasteiger partial charge on any atom is -0.508 e. The van der Waals surface area contributed by atoms with E-state index >= 15 is 0 Å². The summed E-state index contributed by atoms with van der Waals surface area (Å²) in [6, 6.07) is 21.0. The van der Waals surface area contributed by atoms with Crippen molar-refractivity contribution in [3.63, 3.8) is 0 Å². The van der Waals surface area contributed by atoms with Gasteiger partial charge in [0.2, 0.25) is 0 Å². The smallest absolute Gasteiger partial charge is 0.339 e. The number of carboxylic acid groups (broad SMARTS) is 1. The molecular formula is C25H24O7. The first-order valence-corrected chi connectivity index (χ1v) is 9.89. The number of para-hydroxylation sites is 1. The summed E-state index contributed by atoms with van der Waals surface area (Å²) in [6.07, 6.45) is 1.18. The maximum absolute atomic E-state index is 11.6. The minimum absolute atomic E-state index is 0.0136. The molecule has 3 rings (SSSR count). The lowest BCUT2D eigenvalue weighted by molar-refractivity contribution is -0.130. The van der Waals surface area contributed by atoms with Crippen molar-refractivity contribution in [2.75, 3.05) is 20.3 Å². The number of aromatic hydroxyl groups is 1. The van der Waals surface area contributed by atoms with Gasteiger partial charge in [0.1, 0.15) is 48.4 Å². The van der Waals surface area contributed by atoms with Crippen LogP contribution >= 0.6 is 0 Å². The van der Waals surface area contributed by atoms with Crippen LogP contribution in [0.1, 0.15) is 11.1 Å². The maximum atomic E-state index is 11.6. The van der Waals surface area contributed by atoms with E-state index in [0.717, 1.165) is 5.75 Å². The van der Waals surface area contributed by atoms with Gasteiger partial charge in [-0.3, -0.25) is 0 Å². The standard InChI is InChI=1S/C25H24O7/c1-29-17-24(25(27)28)23-10-6-5-7-18(23)16-32-22-14-19(26)13-21(15-22)31-12-11-30-20-8-3-2-4-9-20/h2-10,13-15,17,26H,11-12,16H2,1H3,(H,27,28). The summed E-state index contributed by atoms with van der Waals surface area (Å²) in [5, 5.41) is 19.5. The molecule has 0 saturated heterocycles. The van der Waals surface area contributed by atoms with E-state index in [1.165, 1.54) is 25.5 Å². The van der Waals surface area contributed by atoms with Crippen LogP contribution in [0.2, 0.25) is 0 Å². The zero-order valence-corrected chi connectivity index (χ0v) is 17.6. The Labute approximate surface area is 186 Å². The van der Waals surface area contributed by atoms with Crippen LogP contribution < -0.4 is 14.2 Å². The molecule has 0 unspecified atom stereocenters. The summed E-state index contributed by atoms with van der Waals surface area (Å²) >= 11 is 0. The monoisotopic (exact) mass is 436 g/mol. The molecular weight excluding hydrogens is 412 g/mol. The van der Waals surface area contributed by atoms with Crippen LogP contribution in [-0.4, -0.2) is 36.5 Å². The average molecular weight is 436 g/mol. The van der Waals surface area contributed by atoms with E-state index < -0.39 is 5.97 Å². The van der Waals surface area contributed by atoms with E-state index in [9.17, 15) is 15.0 Å². The van der Waals surface area contributed by atoms with Gasteiger partial charge in [-0.05, 0) is 23.3 Å². The molecule has 0 atom stereocenters. The molecule has 0 amide bonds. The van der Waals surface area contributed by atoms with Crippen molar-refractivity contribution in [1.82, 2.24) is 0 Å². The molecule has 0 saturated carbocycles. The first-order chi connectivity index (χ1) is 15.6. The maximum Gasteiger partial charge on any atom is 0.339 e. The van der Waals surface area contributed by atoms with Crippen LogP contribution in [0.15, 0.2) is 79.1 Å². The third-order valence-corrected chi connectivity index (χ3v) is 4.40. The molecule has 7 nitrogen and oxygen atoms in total. The van der Waals surface area contributed by atoms with Gasteiger partial charge in [-0.15, -0.1) is 0 Å². The lowest BCUT2D eigenvalue weighted by Gasteiger charge is -2.13. The van der Waals surface area contributed by atoms with E-state index in [4.69, 9.17) is 18.9 Å². The third-order valence-electron chi connectivity index (χ3n) is 4.40. The number of methoxy groups -OCH3 is 1. The zero-order valence-electron chi connectivity index (χ0n) is 17.6. The van der Waals surface area contributed by atoms with Gasteiger partial charge in [-0.2, -0.15) is 0 Å². The molecule has 0 aliphatic rings. The Kier molecular flexibility index (Phi) is 7.97. The van der Waals surface area contributed by atoms with Crippen LogP contribution in [0.3, 0.4) is 0 Å². The number of hydrogen-bond donors (Lipinski definition) is 2. The number of carbonyl (C=O) groups is 1. The highest BCUT2D eigenvalue weighted by Gasteiger charge is 2.15. The highest BCUT2D eigenvalue weighted by Crippen LogP contribution is 2.28. The molecule has 7 heteroatoms. The Bertz CT molecular complexity index is 1060. The second-order valence-corrected chi connectivity index (χ2v) is 6.69. The summed E-state index contributed by atoms with van der Waals surface area (Å²) in [5.74, 6) is 0.435. The number of ether oxygens (including phenoxy) is 4. The molecule has 3 aromatic rings. The number of benzene rings is 3. The van der Waals surface area contributed by atoms with Crippen molar-refractivity contribution < 1.29 is 34.0 Å². The van der Waals surface area contributed by atoms with Crippen LogP contribution in [0.25, 0.3) is 5.57 Å². The van der Waals surface area contributed by atoms with E-state index in [1.54, 1.807) is 30.3 Å². The lowest BCUT2D eigenvalue weighted by atomic mass is 10.0. The summed E-state index contributed by atoms with van der Waals surface area (Å²) in [5.41, 5.74) is 1.15. The normalized spacial score (nSPS) is 11.0. The fourth-order valence-corrected chi connectivity index (χ4v) is 2.98. The minimum atomic E-state index is -1.11. The van der Waals surface area contributed by atoms with Gasteiger partial charge in [0.05, 0.1) is 13.4 Å². The molecule has 32 heavy (non-hydrogen) atoms. The number of carboxylic acids is 1. The lowest BCUT2D eigenvalue weighted by Crippen LogP contribution is -2.09. The van der Waals surface area contributed by atoms with Gasteiger partial charge in [0, 0.05) is 18.2 Å². The second kappa shape index (κ2) is 11.3. The van der Waals surface area contributed by atoms with Crippen molar-refractivity contribution in [3.8, 4) is 23.0 Å². The number of hydrogen-bond acceptors (Lipinski definition) is 6. The summed E-state index contributed by atoms with van der Waals surface area (Å²) in [7, 11) is 1.39. The fourth-order valence-electron chi connectivity index (χ4n) is 2.98. The van der Waals surface area contributed by atoms with Crippen molar-refractivity contribution in [2.24, 2.45) is 0 Å². The number of aliphatic carboxylic acids is 1. The van der Waals surface area contributed by atoms with E-state index in [1.807, 2.05) is 30.3 Å². The molecule has 0 spiro atoms. The second-order valence-electron chi connectivity index (χ2n) is 6.69. The Hall–Kier alpha value is -4.13. The molecule has 0 aliphatic carbocycles. The zero-order chi connectivity index (χ0) is 22.8. The van der Waals surface area contributed by atoms with E-state index in [0.29, 0.717) is 29.2 Å². The molecule has 0 aromatic heterocycles. The van der Waals surface area contributed by atoms with Gasteiger partial charge < -0.3 is 29.2 Å². The molecule has 3 aromatic carbocycles. The van der Waals surface area contributed by atoms with E-state index in [-0.39, 0.29) is 24.5 Å². The first kappa shape index (κ1) is 22.6. The first-order valence-electron chi connectivity index (χ1n) is 9.89. The van der Waals surface area contributed by atoms with Crippen LogP contribution in [-0.2, 0) is 16.1 Å². The largest absolute Gasteiger partial charge is 0.508 e. The number of phenolic OH excluding ortho intramolecular Hbond substituents is 1. The summed E-state index contributed by atoms with van der Waals surface area (Å²) < 4.78 is 22.0. The Morgan fingerprint density at radius 3 is 2.16 bits per heavy atom. The quantitative estimate of drug-likeness (QED) is 0.260. The van der Waals surface area contributed by atoms with Gasteiger partial charge in [-0.25, -0.2) is 4.79 Å². The Morgan fingerprint density at radius 1 is 0.844 bits per heavy atom. The number of phenols is 1. The van der Waals surface area contributed by atoms with Crippen LogP contribution in [0.4, 0.5) is 0 Å². The molecule has 0 bridgehead atoms. The average Bonchev–Trinajstić information content (AvgIpc) is 2.79. The molecule has 0 aliphatic heterocycles. The third kappa shape index (κ3) is 6.43. The van der Waals surface area contributed by atoms with Crippen molar-refractivity contribution in [2.45, 2.75) is 6.61 Å². The van der Waals surface area contributed by atoms with Crippen molar-refractivity contribution in [3.05, 3.63) is 90.2 Å². The SMILES string of the molecule is COC=C(C(=O)O)c1ccccc1COc1cc(O)cc(OCCOc2ccccc2)c1. The van der Waals surface area contributed by atoms with Crippen molar-refractivity contribution in [1.29, 1.82) is 0 Å². The summed E-state index contributed by atoms with van der Waals surface area (Å²) in [6.45, 7) is 0.710. The Balaban J connectivity index is 1.63. The predicted molar refractivity (Wildman–Crippen MR) is 119 cm³/mol. The van der Waals surface area contributed by atoms with Crippen molar-refractivity contribution >= 4 is 11.5 Å². The Morgan fingerprint density at radius 2 is 1.47 bits per heavy atom. The topological polar surface area (TPSA) is 94.5 Å². The molecule has 0 radical (unpaired) electrons. The number of rotatable bonds is 11. The van der Waals surface area contributed by atoms with Gasteiger partial charge >= 0.3 is 5.97 Å². The van der Waals surface area contributed by atoms with Crippen LogP contribution in [0.5, 0.6) is 23.0 Å². The molecule has 2 N–H and O–H groups in total. The predicted octanol–water partition coefficient (Wildman–Crippen LogP) is 4.50.